The zero-order chi connectivity index (χ0) is 13.9. The second-order valence-corrected chi connectivity index (χ2v) is 4.66. The summed E-state index contributed by atoms with van der Waals surface area (Å²) >= 11 is 0. The molecule has 4 nitrogen and oxygen atoms in total. The molecule has 0 saturated heterocycles. The summed E-state index contributed by atoms with van der Waals surface area (Å²) in [6.07, 6.45) is 0. The molecule has 0 bridgehead atoms. The molecule has 1 atom stereocenters. The van der Waals surface area contributed by atoms with Crippen molar-refractivity contribution >= 4 is 0 Å². The van der Waals surface area contributed by atoms with Crippen molar-refractivity contribution in [3.05, 3.63) is 77.9 Å². The summed E-state index contributed by atoms with van der Waals surface area (Å²) in [6, 6.07) is 19.7. The van der Waals surface area contributed by atoms with Gasteiger partial charge in [0.25, 0.3) is 0 Å². The highest BCUT2D eigenvalue weighted by atomic mass is 15.3. The van der Waals surface area contributed by atoms with Gasteiger partial charge in [-0.15, -0.1) is 10.2 Å². The number of benzene rings is 2. The van der Waals surface area contributed by atoms with E-state index in [2.05, 4.69) is 10.2 Å². The number of aromatic nitrogens is 3. The minimum absolute atomic E-state index is 0.294. The van der Waals surface area contributed by atoms with Crippen LogP contribution in [0.25, 0.3) is 5.69 Å². The van der Waals surface area contributed by atoms with Crippen molar-refractivity contribution in [2.45, 2.75) is 13.0 Å². The highest BCUT2D eigenvalue weighted by molar-refractivity contribution is 5.36. The molecule has 4 heteroatoms. The van der Waals surface area contributed by atoms with Crippen molar-refractivity contribution in [1.82, 2.24) is 14.8 Å². The minimum atomic E-state index is -0.294. The predicted molar refractivity (Wildman–Crippen MR) is 78.6 cm³/mol. The van der Waals surface area contributed by atoms with Gasteiger partial charge < -0.3 is 5.73 Å². The topological polar surface area (TPSA) is 56.7 Å². The molecular weight excluding hydrogens is 248 g/mol. The third-order valence-corrected chi connectivity index (χ3v) is 3.30. The molecular formula is C16H16N4. The Bertz CT molecular complexity index is 689. The fourth-order valence-corrected chi connectivity index (χ4v) is 2.29. The molecule has 100 valence electrons. The van der Waals surface area contributed by atoms with Crippen LogP contribution in [0.5, 0.6) is 0 Å². The molecule has 0 radical (unpaired) electrons. The second-order valence-electron chi connectivity index (χ2n) is 4.66. The van der Waals surface area contributed by atoms with E-state index in [4.69, 9.17) is 5.73 Å². The van der Waals surface area contributed by atoms with Gasteiger partial charge in [-0.3, -0.25) is 4.57 Å². The van der Waals surface area contributed by atoms with Gasteiger partial charge in [-0.25, -0.2) is 0 Å². The summed E-state index contributed by atoms with van der Waals surface area (Å²) in [5.41, 5.74) is 8.39. The lowest BCUT2D eigenvalue weighted by molar-refractivity contribution is 0.748. The van der Waals surface area contributed by atoms with Crippen molar-refractivity contribution in [3.8, 4) is 5.69 Å². The summed E-state index contributed by atoms with van der Waals surface area (Å²) in [7, 11) is 0. The number of aryl methyl sites for hydroxylation is 1. The lowest BCUT2D eigenvalue weighted by Crippen LogP contribution is -2.17. The van der Waals surface area contributed by atoms with Crippen LogP contribution in [0, 0.1) is 6.92 Å². The van der Waals surface area contributed by atoms with Crippen LogP contribution in [0.15, 0.2) is 60.7 Å². The monoisotopic (exact) mass is 264 g/mol. The van der Waals surface area contributed by atoms with Gasteiger partial charge in [0.2, 0.25) is 0 Å². The Morgan fingerprint density at radius 2 is 1.50 bits per heavy atom. The predicted octanol–water partition coefficient (Wildman–Crippen LogP) is 2.62. The smallest absolute Gasteiger partial charge is 0.159 e. The Morgan fingerprint density at radius 1 is 0.900 bits per heavy atom. The van der Waals surface area contributed by atoms with Crippen molar-refractivity contribution < 1.29 is 0 Å². The summed E-state index contributed by atoms with van der Waals surface area (Å²) in [5.74, 6) is 1.58. The Balaban J connectivity index is 2.08. The molecule has 0 aliphatic rings. The van der Waals surface area contributed by atoms with E-state index < -0.39 is 0 Å². The number of hydrogen-bond donors (Lipinski definition) is 1. The SMILES string of the molecule is Cc1nnc([C@@H](N)c2ccccc2)n1-c1ccccc1. The van der Waals surface area contributed by atoms with E-state index in [-0.39, 0.29) is 6.04 Å². The zero-order valence-corrected chi connectivity index (χ0v) is 11.3. The molecule has 1 aromatic heterocycles. The van der Waals surface area contributed by atoms with E-state index in [0.29, 0.717) is 0 Å². The van der Waals surface area contributed by atoms with E-state index in [1.807, 2.05) is 72.2 Å². The molecule has 2 aromatic carbocycles. The van der Waals surface area contributed by atoms with Gasteiger partial charge in [-0.1, -0.05) is 48.5 Å². The van der Waals surface area contributed by atoms with Gasteiger partial charge in [0, 0.05) is 5.69 Å². The minimum Gasteiger partial charge on any atom is -0.318 e. The van der Waals surface area contributed by atoms with E-state index in [1.165, 1.54) is 0 Å². The summed E-state index contributed by atoms with van der Waals surface area (Å²) in [4.78, 5) is 0. The third-order valence-electron chi connectivity index (χ3n) is 3.30. The molecule has 2 N–H and O–H groups in total. The molecule has 0 spiro atoms. The molecule has 3 rings (SSSR count). The number of rotatable bonds is 3. The molecule has 0 unspecified atom stereocenters. The molecule has 20 heavy (non-hydrogen) atoms. The fraction of sp³-hybridized carbons (Fsp3) is 0.125. The van der Waals surface area contributed by atoms with Crippen LogP contribution < -0.4 is 5.73 Å². The first kappa shape index (κ1) is 12.6. The first-order chi connectivity index (χ1) is 9.77. The molecule has 0 fully saturated rings. The van der Waals surface area contributed by atoms with Crippen molar-refractivity contribution in [2.24, 2.45) is 5.73 Å². The van der Waals surface area contributed by atoms with Crippen LogP contribution in [-0.2, 0) is 0 Å². The van der Waals surface area contributed by atoms with Crippen molar-refractivity contribution in [3.63, 3.8) is 0 Å². The van der Waals surface area contributed by atoms with Gasteiger partial charge in [-0.05, 0) is 24.6 Å². The van der Waals surface area contributed by atoms with Gasteiger partial charge >= 0.3 is 0 Å². The number of nitrogens with two attached hydrogens (primary N) is 1. The Morgan fingerprint density at radius 3 is 2.15 bits per heavy atom. The van der Waals surface area contributed by atoms with Crippen LogP contribution in [0.4, 0.5) is 0 Å². The number of nitrogens with zero attached hydrogens (tertiary/aromatic N) is 3. The van der Waals surface area contributed by atoms with Crippen LogP contribution in [0.2, 0.25) is 0 Å². The third kappa shape index (κ3) is 2.21. The Labute approximate surface area is 117 Å². The number of para-hydroxylation sites is 1. The van der Waals surface area contributed by atoms with Crippen LogP contribution in [0.3, 0.4) is 0 Å². The summed E-state index contributed by atoms with van der Waals surface area (Å²) in [5, 5.41) is 8.43. The molecule has 1 heterocycles. The van der Waals surface area contributed by atoms with Crippen molar-refractivity contribution in [1.29, 1.82) is 0 Å². The average molecular weight is 264 g/mol. The fourth-order valence-electron chi connectivity index (χ4n) is 2.29. The normalized spacial score (nSPS) is 12.3. The first-order valence-corrected chi connectivity index (χ1v) is 6.55. The maximum atomic E-state index is 6.34. The lowest BCUT2D eigenvalue weighted by atomic mass is 10.1. The largest absolute Gasteiger partial charge is 0.318 e. The van der Waals surface area contributed by atoms with Gasteiger partial charge in [-0.2, -0.15) is 0 Å². The molecule has 0 aliphatic carbocycles. The van der Waals surface area contributed by atoms with E-state index in [0.717, 1.165) is 22.9 Å². The average Bonchev–Trinajstić information content (AvgIpc) is 2.90. The molecule has 0 aliphatic heterocycles. The second kappa shape index (κ2) is 5.27. The molecule has 0 amide bonds. The van der Waals surface area contributed by atoms with Gasteiger partial charge in [0.15, 0.2) is 5.82 Å². The lowest BCUT2D eigenvalue weighted by Gasteiger charge is -2.14. The van der Waals surface area contributed by atoms with E-state index >= 15 is 0 Å². The molecule has 0 saturated carbocycles. The highest BCUT2D eigenvalue weighted by Gasteiger charge is 2.18. The van der Waals surface area contributed by atoms with Crippen LogP contribution in [-0.4, -0.2) is 14.8 Å². The Kier molecular flexibility index (Phi) is 3.31. The summed E-state index contributed by atoms with van der Waals surface area (Å²) < 4.78 is 2.00. The van der Waals surface area contributed by atoms with Crippen LogP contribution in [0.1, 0.15) is 23.3 Å². The van der Waals surface area contributed by atoms with Crippen molar-refractivity contribution in [2.75, 3.05) is 0 Å². The van der Waals surface area contributed by atoms with E-state index in [1.54, 1.807) is 0 Å². The standard InChI is InChI=1S/C16H16N4/c1-12-18-19-16(15(17)13-8-4-2-5-9-13)20(12)14-10-6-3-7-11-14/h2-11,15H,17H2,1H3/t15-/m0/s1. The summed E-state index contributed by atoms with van der Waals surface area (Å²) in [6.45, 7) is 1.93. The van der Waals surface area contributed by atoms with E-state index in [9.17, 15) is 0 Å². The quantitative estimate of drug-likeness (QED) is 0.791. The van der Waals surface area contributed by atoms with Gasteiger partial charge in [0.05, 0.1) is 6.04 Å². The highest BCUT2D eigenvalue weighted by Crippen LogP contribution is 2.21. The molecule has 3 aromatic rings. The number of hydrogen-bond acceptors (Lipinski definition) is 3. The zero-order valence-electron chi connectivity index (χ0n) is 11.3. The first-order valence-electron chi connectivity index (χ1n) is 6.55. The maximum Gasteiger partial charge on any atom is 0.159 e. The maximum absolute atomic E-state index is 6.34. The van der Waals surface area contributed by atoms with Crippen LogP contribution >= 0.6 is 0 Å². The van der Waals surface area contributed by atoms with Gasteiger partial charge in [0.1, 0.15) is 5.82 Å². The Hall–Kier alpha value is -2.46.